The zero-order valence-corrected chi connectivity index (χ0v) is 13.5. The van der Waals surface area contributed by atoms with Crippen molar-refractivity contribution in [2.75, 3.05) is 12.3 Å². The molecule has 0 saturated heterocycles. The van der Waals surface area contributed by atoms with Crippen molar-refractivity contribution >= 4 is 10.1 Å². The maximum absolute atomic E-state index is 10.6. The zero-order chi connectivity index (χ0) is 15.6. The second-order valence-corrected chi connectivity index (χ2v) is 6.96. The average Bonchev–Trinajstić information content (AvgIpc) is 2.36. The van der Waals surface area contributed by atoms with Crippen LogP contribution in [0.25, 0.3) is 0 Å². The molecule has 0 aliphatic rings. The fourth-order valence-electron chi connectivity index (χ4n) is 1.43. The fraction of sp³-hybridized carbons (Fsp3) is 0.643. The molecule has 1 heterocycles. The van der Waals surface area contributed by atoms with Crippen molar-refractivity contribution in [3.8, 4) is 0 Å². The summed E-state index contributed by atoms with van der Waals surface area (Å²) in [5, 5.41) is 3.09. The number of aromatic amines is 1. The minimum Gasteiger partial charge on any atom is -0.748 e. The minimum absolute atomic E-state index is 0.365. The Labute approximate surface area is 122 Å². The van der Waals surface area contributed by atoms with Gasteiger partial charge in [-0.2, -0.15) is 0 Å². The van der Waals surface area contributed by atoms with Crippen LogP contribution < -0.4 is 10.3 Å². The van der Waals surface area contributed by atoms with E-state index in [-0.39, 0.29) is 5.75 Å². The lowest BCUT2D eigenvalue weighted by atomic mass is 10.1. The highest BCUT2D eigenvalue weighted by molar-refractivity contribution is 7.85. The molecule has 0 bridgehead atoms. The smallest absolute Gasteiger partial charge is 0.166 e. The molecule has 0 aliphatic carbocycles. The van der Waals surface area contributed by atoms with Crippen molar-refractivity contribution in [2.24, 2.45) is 5.92 Å². The number of pyridine rings is 1. The molecule has 2 N–H and O–H groups in total. The Morgan fingerprint density at radius 1 is 1.25 bits per heavy atom. The third-order valence-electron chi connectivity index (χ3n) is 2.77. The van der Waals surface area contributed by atoms with Crippen LogP contribution in [0.15, 0.2) is 30.6 Å². The van der Waals surface area contributed by atoms with Gasteiger partial charge in [0.1, 0.15) is 0 Å². The van der Waals surface area contributed by atoms with E-state index < -0.39 is 15.7 Å². The highest BCUT2D eigenvalue weighted by Gasteiger charge is 2.20. The van der Waals surface area contributed by atoms with Crippen molar-refractivity contribution in [1.82, 2.24) is 5.32 Å². The number of aromatic nitrogens is 1. The quantitative estimate of drug-likeness (QED) is 0.806. The summed E-state index contributed by atoms with van der Waals surface area (Å²) in [4.78, 5) is 2.89. The molecule has 0 amide bonds. The highest BCUT2D eigenvalue weighted by atomic mass is 32.2. The van der Waals surface area contributed by atoms with Gasteiger partial charge in [-0.05, 0) is 26.3 Å². The number of H-pyrrole nitrogens is 1. The van der Waals surface area contributed by atoms with Crippen LogP contribution in [0.4, 0.5) is 0 Å². The molecule has 1 rings (SSSR count). The number of rotatable bonds is 6. The van der Waals surface area contributed by atoms with Gasteiger partial charge in [-0.25, -0.2) is 13.4 Å². The van der Waals surface area contributed by atoms with Gasteiger partial charge in [0.25, 0.3) is 0 Å². The third-order valence-corrected chi connectivity index (χ3v) is 3.85. The Morgan fingerprint density at radius 3 is 2.10 bits per heavy atom. The molecule has 1 aromatic rings. The Kier molecular flexibility index (Phi) is 8.60. The monoisotopic (exact) mass is 302 g/mol. The zero-order valence-electron chi connectivity index (χ0n) is 12.7. The molecule has 0 fully saturated rings. The second kappa shape index (κ2) is 9.05. The summed E-state index contributed by atoms with van der Waals surface area (Å²) in [7, 11) is -4.15. The van der Waals surface area contributed by atoms with Gasteiger partial charge in [0.05, 0.1) is 15.9 Å². The van der Waals surface area contributed by atoms with Gasteiger partial charge in [0.15, 0.2) is 12.4 Å². The SMILES string of the molecule is CCC(C)CNC(C)(C)CS(=O)(=O)[O-].c1cc[nH+]cc1. The molecule has 0 saturated carbocycles. The highest BCUT2D eigenvalue weighted by Crippen LogP contribution is 2.07. The molecular weight excluding hydrogens is 276 g/mol. The van der Waals surface area contributed by atoms with Crippen LogP contribution in [0.2, 0.25) is 0 Å². The summed E-state index contributed by atoms with van der Waals surface area (Å²) < 4.78 is 31.7. The largest absolute Gasteiger partial charge is 0.748 e. The molecule has 0 radical (unpaired) electrons. The van der Waals surface area contributed by atoms with E-state index in [2.05, 4.69) is 24.1 Å². The van der Waals surface area contributed by atoms with Crippen LogP contribution in [-0.4, -0.2) is 30.8 Å². The molecule has 0 aliphatic heterocycles. The van der Waals surface area contributed by atoms with Crippen molar-refractivity contribution in [3.05, 3.63) is 30.6 Å². The topological polar surface area (TPSA) is 83.4 Å². The van der Waals surface area contributed by atoms with Crippen molar-refractivity contribution in [2.45, 2.75) is 39.7 Å². The molecule has 6 heteroatoms. The molecule has 0 spiro atoms. The standard InChI is InChI=1S/C9H21NO3S.C5H5N/c1-5-8(2)6-10-9(3,4)7-14(11,12)13;1-2-4-6-5-3-1/h8,10H,5-7H2,1-4H3,(H,11,12,13);1-5H. The van der Waals surface area contributed by atoms with E-state index in [0.717, 1.165) is 13.0 Å². The Hall–Kier alpha value is -0.980. The first-order valence-corrected chi connectivity index (χ1v) is 8.33. The lowest BCUT2D eigenvalue weighted by Gasteiger charge is -2.28. The van der Waals surface area contributed by atoms with Crippen LogP contribution in [0.3, 0.4) is 0 Å². The van der Waals surface area contributed by atoms with Gasteiger partial charge >= 0.3 is 0 Å². The van der Waals surface area contributed by atoms with Crippen molar-refractivity contribution < 1.29 is 18.0 Å². The molecule has 1 unspecified atom stereocenters. The van der Waals surface area contributed by atoms with Gasteiger partial charge < -0.3 is 9.87 Å². The molecule has 20 heavy (non-hydrogen) atoms. The molecule has 1 atom stereocenters. The summed E-state index contributed by atoms with van der Waals surface area (Å²) in [6, 6.07) is 5.86. The molecule has 0 aromatic carbocycles. The molecular formula is C14H26N2O3S. The van der Waals surface area contributed by atoms with Crippen molar-refractivity contribution in [3.63, 3.8) is 0 Å². The number of nitrogens with one attached hydrogen (secondary N) is 2. The maximum Gasteiger partial charge on any atom is 0.166 e. The lowest BCUT2D eigenvalue weighted by Crippen LogP contribution is -2.46. The van der Waals surface area contributed by atoms with E-state index in [1.54, 1.807) is 13.8 Å². The van der Waals surface area contributed by atoms with E-state index >= 15 is 0 Å². The number of hydrogen-bond donors (Lipinski definition) is 1. The Bertz CT molecular complexity index is 420. The maximum atomic E-state index is 10.6. The summed E-state index contributed by atoms with van der Waals surface area (Å²) in [5.41, 5.74) is -0.635. The van der Waals surface area contributed by atoms with Crippen LogP contribution >= 0.6 is 0 Å². The summed E-state index contributed by atoms with van der Waals surface area (Å²) in [5.74, 6) is 0.125. The molecule has 1 aromatic heterocycles. The van der Waals surface area contributed by atoms with E-state index in [1.807, 2.05) is 30.6 Å². The lowest BCUT2D eigenvalue weighted by molar-refractivity contribution is -0.377. The van der Waals surface area contributed by atoms with Gasteiger partial charge in [-0.15, -0.1) is 0 Å². The van der Waals surface area contributed by atoms with Crippen LogP contribution in [0.1, 0.15) is 34.1 Å². The summed E-state index contributed by atoms with van der Waals surface area (Å²) >= 11 is 0. The van der Waals surface area contributed by atoms with E-state index in [0.29, 0.717) is 5.92 Å². The Morgan fingerprint density at radius 2 is 1.80 bits per heavy atom. The average molecular weight is 302 g/mol. The van der Waals surface area contributed by atoms with E-state index in [9.17, 15) is 13.0 Å². The first kappa shape index (κ1) is 19.0. The van der Waals surface area contributed by atoms with Crippen LogP contribution in [0, 0.1) is 5.92 Å². The fourth-order valence-corrected chi connectivity index (χ4v) is 2.42. The van der Waals surface area contributed by atoms with Gasteiger partial charge in [-0.3, -0.25) is 0 Å². The molecule has 116 valence electrons. The summed E-state index contributed by atoms with van der Waals surface area (Å²) in [6.45, 7) is 8.34. The first-order valence-electron chi connectivity index (χ1n) is 6.76. The van der Waals surface area contributed by atoms with Gasteiger partial charge in [0, 0.05) is 17.7 Å². The summed E-state index contributed by atoms with van der Waals surface area (Å²) in [6.07, 6.45) is 4.78. The van der Waals surface area contributed by atoms with E-state index in [4.69, 9.17) is 0 Å². The third kappa shape index (κ3) is 12.1. The minimum atomic E-state index is -4.15. The van der Waals surface area contributed by atoms with Crippen molar-refractivity contribution in [1.29, 1.82) is 0 Å². The normalized spacial score (nSPS) is 13.2. The van der Waals surface area contributed by atoms with Crippen LogP contribution in [-0.2, 0) is 10.1 Å². The Balaban J connectivity index is 0.000000493. The predicted molar refractivity (Wildman–Crippen MR) is 79.1 cm³/mol. The van der Waals surface area contributed by atoms with Gasteiger partial charge in [-0.1, -0.05) is 26.3 Å². The predicted octanol–water partition coefficient (Wildman–Crippen LogP) is 1.45. The number of hydrogen-bond acceptors (Lipinski definition) is 4. The molecule has 5 nitrogen and oxygen atoms in total. The second-order valence-electron chi connectivity index (χ2n) is 5.56. The van der Waals surface area contributed by atoms with E-state index in [1.165, 1.54) is 0 Å². The van der Waals surface area contributed by atoms with Crippen LogP contribution in [0.5, 0.6) is 0 Å². The van der Waals surface area contributed by atoms with Gasteiger partial charge in [0.2, 0.25) is 0 Å². The first-order chi connectivity index (χ1) is 9.16.